The van der Waals surface area contributed by atoms with Crippen molar-refractivity contribution in [1.29, 1.82) is 0 Å². The summed E-state index contributed by atoms with van der Waals surface area (Å²) in [6.45, 7) is 1.77. The lowest BCUT2D eigenvalue weighted by molar-refractivity contribution is -0.117. The number of carbonyl (C=O) groups is 2. The molecule has 2 aromatic carbocycles. The van der Waals surface area contributed by atoms with Crippen molar-refractivity contribution in [2.45, 2.75) is 19.8 Å². The fourth-order valence-corrected chi connectivity index (χ4v) is 2.84. The largest absolute Gasteiger partial charge is 0.326 e. The molecule has 0 aromatic heterocycles. The molecule has 1 aliphatic carbocycles. The Bertz CT molecular complexity index is 892. The van der Waals surface area contributed by atoms with Crippen molar-refractivity contribution in [1.82, 2.24) is 5.43 Å². The number of amides is 2. The third-order valence-electron chi connectivity index (χ3n) is 4.00. The molecule has 3 rings (SSSR count). The number of hydrogen-bond donors (Lipinski definition) is 2. The average Bonchev–Trinajstić information content (AvgIpc) is 3.44. The van der Waals surface area contributed by atoms with Gasteiger partial charge in [0.25, 0.3) is 5.91 Å². The van der Waals surface area contributed by atoms with Gasteiger partial charge < -0.3 is 5.32 Å². The van der Waals surface area contributed by atoms with Crippen LogP contribution >= 0.6 is 23.2 Å². The maximum atomic E-state index is 12.2. The summed E-state index contributed by atoms with van der Waals surface area (Å²) in [5, 5.41) is 7.72. The Labute approximate surface area is 161 Å². The summed E-state index contributed by atoms with van der Waals surface area (Å²) < 4.78 is 0. The molecule has 1 aliphatic rings. The van der Waals surface area contributed by atoms with Gasteiger partial charge in [-0.05, 0) is 55.7 Å². The van der Waals surface area contributed by atoms with Crippen LogP contribution in [0.25, 0.3) is 0 Å². The topological polar surface area (TPSA) is 70.6 Å². The first-order chi connectivity index (χ1) is 12.4. The highest BCUT2D eigenvalue weighted by molar-refractivity contribution is 6.36. The highest BCUT2D eigenvalue weighted by atomic mass is 35.5. The molecule has 1 saturated carbocycles. The minimum Gasteiger partial charge on any atom is -0.326 e. The fourth-order valence-electron chi connectivity index (χ4n) is 2.34. The van der Waals surface area contributed by atoms with Crippen LogP contribution in [0.5, 0.6) is 0 Å². The lowest BCUT2D eigenvalue weighted by Gasteiger charge is -2.08. The van der Waals surface area contributed by atoms with Crippen LogP contribution in [0.2, 0.25) is 10.0 Å². The van der Waals surface area contributed by atoms with E-state index in [0.717, 1.165) is 18.4 Å². The Hall–Kier alpha value is -2.37. The summed E-state index contributed by atoms with van der Waals surface area (Å²) >= 11 is 11.9. The van der Waals surface area contributed by atoms with Gasteiger partial charge in [0.1, 0.15) is 0 Å². The predicted octanol–water partition coefficient (Wildman–Crippen LogP) is 4.50. The monoisotopic (exact) mass is 389 g/mol. The van der Waals surface area contributed by atoms with Gasteiger partial charge in [-0.1, -0.05) is 35.3 Å². The van der Waals surface area contributed by atoms with E-state index in [9.17, 15) is 9.59 Å². The van der Waals surface area contributed by atoms with Crippen molar-refractivity contribution in [3.05, 3.63) is 63.6 Å². The maximum Gasteiger partial charge on any atom is 0.272 e. The van der Waals surface area contributed by atoms with E-state index in [2.05, 4.69) is 15.8 Å². The number of rotatable bonds is 5. The van der Waals surface area contributed by atoms with Gasteiger partial charge in [-0.25, -0.2) is 5.43 Å². The first-order valence-corrected chi connectivity index (χ1v) is 8.90. The molecule has 134 valence electrons. The Morgan fingerprint density at radius 3 is 2.58 bits per heavy atom. The summed E-state index contributed by atoms with van der Waals surface area (Å²) in [5.74, 6) is -0.247. The van der Waals surface area contributed by atoms with Crippen molar-refractivity contribution < 1.29 is 9.59 Å². The molecule has 0 radical (unpaired) electrons. The zero-order valence-electron chi connectivity index (χ0n) is 14.1. The molecule has 5 nitrogen and oxygen atoms in total. The second-order valence-corrected chi connectivity index (χ2v) is 6.95. The number of nitrogens with one attached hydrogen (secondary N) is 2. The minimum absolute atomic E-state index is 0.0439. The van der Waals surface area contributed by atoms with Crippen molar-refractivity contribution >= 4 is 46.4 Å². The Balaban J connectivity index is 1.68. The minimum atomic E-state index is -0.427. The zero-order valence-corrected chi connectivity index (χ0v) is 15.6. The number of anilines is 1. The normalized spacial score (nSPS) is 14.0. The fraction of sp³-hybridized carbons (Fsp3) is 0.211. The summed E-state index contributed by atoms with van der Waals surface area (Å²) in [6, 6.07) is 12.0. The Kier molecular flexibility index (Phi) is 5.59. The van der Waals surface area contributed by atoms with E-state index in [-0.39, 0.29) is 22.4 Å². The zero-order chi connectivity index (χ0) is 18.7. The van der Waals surface area contributed by atoms with Crippen molar-refractivity contribution in [3.8, 4) is 0 Å². The standard InChI is InChI=1S/C19H17Cl2N3O2/c1-11(23-24-19(26)16-8-7-14(20)10-17(16)21)13-3-2-4-15(9-13)22-18(25)12-5-6-12/h2-4,7-10,12H,5-6H2,1H3,(H,22,25)(H,24,26)/b23-11+. The first-order valence-electron chi connectivity index (χ1n) is 8.15. The molecule has 0 spiro atoms. The second kappa shape index (κ2) is 7.89. The van der Waals surface area contributed by atoms with E-state index >= 15 is 0 Å². The van der Waals surface area contributed by atoms with Gasteiger partial charge in [0.15, 0.2) is 0 Å². The van der Waals surface area contributed by atoms with Crippen LogP contribution < -0.4 is 10.7 Å². The van der Waals surface area contributed by atoms with E-state index < -0.39 is 5.91 Å². The quantitative estimate of drug-likeness (QED) is 0.583. The molecular formula is C19H17Cl2N3O2. The number of benzene rings is 2. The van der Waals surface area contributed by atoms with Gasteiger partial charge in [0.2, 0.25) is 5.91 Å². The third-order valence-corrected chi connectivity index (χ3v) is 4.54. The third kappa shape index (κ3) is 4.62. The lowest BCUT2D eigenvalue weighted by atomic mass is 10.1. The van der Waals surface area contributed by atoms with Crippen LogP contribution in [0.3, 0.4) is 0 Å². The summed E-state index contributed by atoms with van der Waals surface area (Å²) in [6.07, 6.45) is 1.90. The number of carbonyl (C=O) groups excluding carboxylic acids is 2. The number of hydrogen-bond acceptors (Lipinski definition) is 3. The summed E-state index contributed by atoms with van der Waals surface area (Å²) in [7, 11) is 0. The maximum absolute atomic E-state index is 12.2. The summed E-state index contributed by atoms with van der Waals surface area (Å²) in [5.41, 5.74) is 4.87. The van der Waals surface area contributed by atoms with Gasteiger partial charge in [0.05, 0.1) is 16.3 Å². The number of halogens is 2. The molecule has 0 bridgehead atoms. The molecule has 0 aliphatic heterocycles. The molecule has 1 fully saturated rings. The van der Waals surface area contributed by atoms with Gasteiger partial charge in [-0.3, -0.25) is 9.59 Å². The smallest absolute Gasteiger partial charge is 0.272 e. The molecule has 0 saturated heterocycles. The number of hydrazone groups is 1. The second-order valence-electron chi connectivity index (χ2n) is 6.11. The van der Waals surface area contributed by atoms with Crippen molar-refractivity contribution in [2.75, 3.05) is 5.32 Å². The SMILES string of the molecule is C/C(=N\NC(=O)c1ccc(Cl)cc1Cl)c1cccc(NC(=O)C2CC2)c1. The van der Waals surface area contributed by atoms with E-state index in [0.29, 0.717) is 16.4 Å². The van der Waals surface area contributed by atoms with Gasteiger partial charge in [-0.15, -0.1) is 0 Å². The number of nitrogens with zero attached hydrogens (tertiary/aromatic N) is 1. The van der Waals surface area contributed by atoms with Gasteiger partial charge in [-0.2, -0.15) is 5.10 Å². The highest BCUT2D eigenvalue weighted by Crippen LogP contribution is 2.30. The van der Waals surface area contributed by atoms with Crippen molar-refractivity contribution in [3.63, 3.8) is 0 Å². The van der Waals surface area contributed by atoms with Crippen LogP contribution in [0.15, 0.2) is 47.6 Å². The molecule has 2 aromatic rings. The van der Waals surface area contributed by atoms with Crippen molar-refractivity contribution in [2.24, 2.45) is 11.0 Å². The predicted molar refractivity (Wildman–Crippen MR) is 104 cm³/mol. The Morgan fingerprint density at radius 1 is 1.12 bits per heavy atom. The lowest BCUT2D eigenvalue weighted by Crippen LogP contribution is -2.20. The highest BCUT2D eigenvalue weighted by Gasteiger charge is 2.29. The van der Waals surface area contributed by atoms with E-state index in [4.69, 9.17) is 23.2 Å². The molecule has 26 heavy (non-hydrogen) atoms. The molecule has 2 N–H and O–H groups in total. The molecular weight excluding hydrogens is 373 g/mol. The van der Waals surface area contributed by atoms with Crippen LogP contribution in [-0.2, 0) is 4.79 Å². The van der Waals surface area contributed by atoms with Crippen LogP contribution in [-0.4, -0.2) is 17.5 Å². The summed E-state index contributed by atoms with van der Waals surface area (Å²) in [4.78, 5) is 24.1. The average molecular weight is 390 g/mol. The molecule has 0 heterocycles. The van der Waals surface area contributed by atoms with Crippen LogP contribution in [0, 0.1) is 5.92 Å². The molecule has 0 unspecified atom stereocenters. The van der Waals surface area contributed by atoms with Gasteiger partial charge in [0, 0.05) is 16.6 Å². The van der Waals surface area contributed by atoms with E-state index in [1.54, 1.807) is 19.1 Å². The first kappa shape index (κ1) is 18.4. The molecule has 0 atom stereocenters. The van der Waals surface area contributed by atoms with Crippen LogP contribution in [0.1, 0.15) is 35.7 Å². The Morgan fingerprint density at radius 2 is 1.88 bits per heavy atom. The van der Waals surface area contributed by atoms with E-state index in [1.807, 2.05) is 24.3 Å². The van der Waals surface area contributed by atoms with Crippen LogP contribution in [0.4, 0.5) is 5.69 Å². The molecule has 2 amide bonds. The molecule has 7 heteroatoms. The van der Waals surface area contributed by atoms with E-state index in [1.165, 1.54) is 6.07 Å². The van der Waals surface area contributed by atoms with Gasteiger partial charge >= 0.3 is 0 Å².